The van der Waals surface area contributed by atoms with Gasteiger partial charge in [0.25, 0.3) is 15.9 Å². The van der Waals surface area contributed by atoms with Crippen LogP contribution in [-0.4, -0.2) is 45.8 Å². The number of hydrogen-bond donors (Lipinski definition) is 1. The van der Waals surface area contributed by atoms with Crippen molar-refractivity contribution in [3.8, 4) is 0 Å². The lowest BCUT2D eigenvalue weighted by Gasteiger charge is -2.29. The number of sulfonamides is 1. The number of aliphatic imine (C=N–C) groups is 1. The monoisotopic (exact) mass is 427 g/mol. The zero-order valence-electron chi connectivity index (χ0n) is 16.2. The van der Waals surface area contributed by atoms with Crippen LogP contribution in [0.25, 0.3) is 0 Å². The molecule has 0 unspecified atom stereocenters. The lowest BCUT2D eigenvalue weighted by molar-refractivity contribution is -0.147. The fraction of sp³-hybridized carbons (Fsp3) is 0.286. The first kappa shape index (κ1) is 20.1. The van der Waals surface area contributed by atoms with E-state index in [4.69, 9.17) is 4.74 Å². The van der Waals surface area contributed by atoms with Gasteiger partial charge < -0.3 is 9.64 Å². The third kappa shape index (κ3) is 4.06. The molecule has 1 N–H and O–H groups in total. The molecular formula is C21H21N3O5S. The number of rotatable bonds is 5. The highest BCUT2D eigenvalue weighted by atomic mass is 32.2. The number of carbonyl (C=O) groups is 2. The van der Waals surface area contributed by atoms with Crippen molar-refractivity contribution in [3.05, 3.63) is 59.7 Å². The number of nitrogens with one attached hydrogen (secondary N) is 1. The van der Waals surface area contributed by atoms with Crippen LogP contribution < -0.4 is 9.62 Å². The van der Waals surface area contributed by atoms with Crippen LogP contribution in [-0.2, 0) is 30.8 Å². The minimum Gasteiger partial charge on any atom is -0.455 e. The van der Waals surface area contributed by atoms with Crippen molar-refractivity contribution >= 4 is 33.4 Å². The number of carbonyl (C=O) groups excluding carboxylic acids is 2. The number of fused-ring (bicyclic) bond motifs is 2. The van der Waals surface area contributed by atoms with Gasteiger partial charge in [0.2, 0.25) is 0 Å². The van der Waals surface area contributed by atoms with E-state index in [1.807, 2.05) is 24.3 Å². The zero-order chi connectivity index (χ0) is 21.1. The molecule has 30 heavy (non-hydrogen) atoms. The van der Waals surface area contributed by atoms with Gasteiger partial charge >= 0.3 is 5.97 Å². The van der Waals surface area contributed by atoms with Crippen molar-refractivity contribution < 1.29 is 22.7 Å². The first-order chi connectivity index (χ1) is 14.5. The van der Waals surface area contributed by atoms with Crippen LogP contribution in [0.2, 0.25) is 0 Å². The Balaban J connectivity index is 1.30. The Bertz CT molecular complexity index is 1130. The molecule has 2 aromatic carbocycles. The average Bonchev–Trinajstić information content (AvgIpc) is 3.02. The van der Waals surface area contributed by atoms with E-state index in [0.29, 0.717) is 12.1 Å². The number of hydrogen-bond acceptors (Lipinski definition) is 6. The first-order valence-electron chi connectivity index (χ1n) is 9.66. The Morgan fingerprint density at radius 1 is 1.10 bits per heavy atom. The molecule has 0 saturated carbocycles. The predicted octanol–water partition coefficient (Wildman–Crippen LogP) is 1.64. The molecule has 0 fully saturated rings. The number of para-hydroxylation sites is 1. The molecule has 0 saturated heterocycles. The number of anilines is 1. The summed E-state index contributed by atoms with van der Waals surface area (Å²) in [6.45, 7) is 0.311. The summed E-state index contributed by atoms with van der Waals surface area (Å²) < 4.78 is 31.6. The van der Waals surface area contributed by atoms with E-state index in [0.717, 1.165) is 24.1 Å². The molecule has 1 amide bonds. The number of ether oxygens (including phenoxy) is 1. The smallest absolute Gasteiger partial charge is 0.308 e. The van der Waals surface area contributed by atoms with Crippen LogP contribution in [0.1, 0.15) is 24.0 Å². The third-order valence-corrected chi connectivity index (χ3v) is 6.41. The maximum atomic E-state index is 12.5. The van der Waals surface area contributed by atoms with Crippen molar-refractivity contribution in [1.29, 1.82) is 0 Å². The van der Waals surface area contributed by atoms with Gasteiger partial charge in [0.15, 0.2) is 6.61 Å². The lowest BCUT2D eigenvalue weighted by Crippen LogP contribution is -2.38. The molecule has 0 aliphatic carbocycles. The quantitative estimate of drug-likeness (QED) is 0.731. The zero-order valence-corrected chi connectivity index (χ0v) is 17.0. The molecule has 8 nitrogen and oxygen atoms in total. The van der Waals surface area contributed by atoms with Gasteiger partial charge in [-0.2, -0.15) is 0 Å². The predicted molar refractivity (Wildman–Crippen MR) is 111 cm³/mol. The minimum absolute atomic E-state index is 0.0474. The van der Waals surface area contributed by atoms with Gasteiger partial charge in [-0.25, -0.2) is 8.42 Å². The average molecular weight is 427 g/mol. The number of benzene rings is 2. The van der Waals surface area contributed by atoms with Gasteiger partial charge in [-0.15, -0.1) is 0 Å². The van der Waals surface area contributed by atoms with Crippen molar-refractivity contribution in [1.82, 2.24) is 4.72 Å². The van der Waals surface area contributed by atoms with Gasteiger partial charge in [0.05, 0.1) is 17.9 Å². The number of esters is 1. The van der Waals surface area contributed by atoms with Crippen LogP contribution >= 0.6 is 0 Å². The molecule has 2 aliphatic rings. The minimum atomic E-state index is -3.61. The normalized spacial score (nSPS) is 17.7. The number of amidine groups is 1. The lowest BCUT2D eigenvalue weighted by atomic mass is 10.0. The molecule has 2 heterocycles. The van der Waals surface area contributed by atoms with Gasteiger partial charge in [0.1, 0.15) is 5.84 Å². The van der Waals surface area contributed by atoms with Crippen molar-refractivity contribution in [2.24, 2.45) is 4.99 Å². The summed E-state index contributed by atoms with van der Waals surface area (Å²) in [6, 6.07) is 14.2. The largest absolute Gasteiger partial charge is 0.455 e. The summed E-state index contributed by atoms with van der Waals surface area (Å²) in [7, 11) is -3.61. The van der Waals surface area contributed by atoms with Crippen LogP contribution in [0.4, 0.5) is 5.69 Å². The fourth-order valence-corrected chi connectivity index (χ4v) is 4.85. The highest BCUT2D eigenvalue weighted by molar-refractivity contribution is 7.90. The standard InChI is InChI=1S/C21H21N3O5S/c25-19(24-13-5-7-15-6-1-3-9-17(15)24)14-29-20(26)11-12-22-21-16-8-2-4-10-18(16)30(27,28)23-21/h1-4,6,8-10H,5,7,11-14H2,(H,22,23). The van der Waals surface area contributed by atoms with E-state index >= 15 is 0 Å². The fourth-order valence-electron chi connectivity index (χ4n) is 3.60. The summed E-state index contributed by atoms with van der Waals surface area (Å²) in [5.74, 6) is -0.620. The second-order valence-electron chi connectivity index (χ2n) is 7.02. The van der Waals surface area contributed by atoms with Crippen LogP contribution in [0.15, 0.2) is 58.4 Å². The van der Waals surface area contributed by atoms with Gasteiger partial charge in [0, 0.05) is 17.8 Å². The Morgan fingerprint density at radius 3 is 2.73 bits per heavy atom. The van der Waals surface area contributed by atoms with Crippen molar-refractivity contribution in [3.63, 3.8) is 0 Å². The van der Waals surface area contributed by atoms with Gasteiger partial charge in [-0.1, -0.05) is 30.3 Å². The van der Waals surface area contributed by atoms with Crippen LogP contribution in [0.5, 0.6) is 0 Å². The maximum absolute atomic E-state index is 12.5. The summed E-state index contributed by atoms with van der Waals surface area (Å²) >= 11 is 0. The second kappa shape index (κ2) is 8.27. The third-order valence-electron chi connectivity index (χ3n) is 5.02. The molecule has 0 bridgehead atoms. The van der Waals surface area contributed by atoms with E-state index < -0.39 is 16.0 Å². The molecule has 0 atom stereocenters. The summed E-state index contributed by atoms with van der Waals surface area (Å²) in [5.41, 5.74) is 2.45. The molecule has 0 spiro atoms. The Hall–Kier alpha value is -3.20. The Morgan fingerprint density at radius 2 is 1.87 bits per heavy atom. The number of aryl methyl sites for hydroxylation is 1. The maximum Gasteiger partial charge on any atom is 0.308 e. The van der Waals surface area contributed by atoms with E-state index in [1.165, 1.54) is 6.07 Å². The summed E-state index contributed by atoms with van der Waals surface area (Å²) in [5, 5.41) is 0. The molecular weight excluding hydrogens is 406 g/mol. The molecule has 4 rings (SSSR count). The van der Waals surface area contributed by atoms with Crippen LogP contribution in [0.3, 0.4) is 0 Å². The molecule has 0 radical (unpaired) electrons. The number of amides is 1. The van der Waals surface area contributed by atoms with Gasteiger partial charge in [-0.05, 0) is 36.6 Å². The molecule has 2 aromatic rings. The summed E-state index contributed by atoms with van der Waals surface area (Å²) in [6.07, 6.45) is 1.73. The molecule has 9 heteroatoms. The molecule has 0 aromatic heterocycles. The molecule has 156 valence electrons. The van der Waals surface area contributed by atoms with E-state index in [1.54, 1.807) is 23.1 Å². The van der Waals surface area contributed by atoms with Crippen LogP contribution in [0, 0.1) is 0 Å². The SMILES string of the molecule is O=C(CCN=C1NS(=O)(=O)c2ccccc21)OCC(=O)N1CCCc2ccccc21. The van der Waals surface area contributed by atoms with E-state index in [2.05, 4.69) is 9.71 Å². The van der Waals surface area contributed by atoms with Crippen molar-refractivity contribution in [2.45, 2.75) is 24.2 Å². The van der Waals surface area contributed by atoms with E-state index in [-0.39, 0.29) is 36.2 Å². The number of nitrogens with zero attached hydrogens (tertiary/aromatic N) is 2. The van der Waals surface area contributed by atoms with E-state index in [9.17, 15) is 18.0 Å². The summed E-state index contributed by atoms with van der Waals surface area (Å²) in [4.78, 5) is 30.5. The highest BCUT2D eigenvalue weighted by Crippen LogP contribution is 2.26. The Labute approximate surface area is 174 Å². The molecule has 2 aliphatic heterocycles. The highest BCUT2D eigenvalue weighted by Gasteiger charge is 2.30. The van der Waals surface area contributed by atoms with Gasteiger partial charge in [-0.3, -0.25) is 19.3 Å². The first-order valence-corrected chi connectivity index (χ1v) is 11.1. The Kier molecular flexibility index (Phi) is 5.54. The second-order valence-corrected chi connectivity index (χ2v) is 8.67. The topological polar surface area (TPSA) is 105 Å². The van der Waals surface area contributed by atoms with Crippen molar-refractivity contribution in [2.75, 3.05) is 24.6 Å².